The summed E-state index contributed by atoms with van der Waals surface area (Å²) in [7, 11) is 0. The number of hydrogen-bond acceptors (Lipinski definition) is 3. The van der Waals surface area contributed by atoms with Crippen molar-refractivity contribution in [2.75, 3.05) is 0 Å². The molecule has 5 heteroatoms. The van der Waals surface area contributed by atoms with Crippen LogP contribution in [-0.2, 0) is 11.3 Å². The van der Waals surface area contributed by atoms with Crippen LogP contribution in [0.25, 0.3) is 10.9 Å². The zero-order valence-corrected chi connectivity index (χ0v) is 14.2. The molecule has 2 heterocycles. The lowest BCUT2D eigenvalue weighted by Crippen LogP contribution is -2.47. The van der Waals surface area contributed by atoms with Crippen molar-refractivity contribution in [3.8, 4) is 0 Å². The summed E-state index contributed by atoms with van der Waals surface area (Å²) in [5.74, 6) is 0.585. The molecular weight excluding hydrogens is 314 g/mol. The van der Waals surface area contributed by atoms with Crippen molar-refractivity contribution in [3.63, 3.8) is 0 Å². The number of para-hydroxylation sites is 1. The molecular formula is C20H19N3O2. The van der Waals surface area contributed by atoms with Crippen LogP contribution in [0.5, 0.6) is 0 Å². The van der Waals surface area contributed by atoms with Crippen molar-refractivity contribution < 1.29 is 4.79 Å². The van der Waals surface area contributed by atoms with Crippen LogP contribution in [0, 0.1) is 0 Å². The minimum atomic E-state index is -0.556. The summed E-state index contributed by atoms with van der Waals surface area (Å²) in [6.45, 7) is 4.11. The molecule has 25 heavy (non-hydrogen) atoms. The highest BCUT2D eigenvalue weighted by Crippen LogP contribution is 2.29. The van der Waals surface area contributed by atoms with E-state index in [4.69, 9.17) is 0 Å². The second-order valence-electron chi connectivity index (χ2n) is 6.45. The molecule has 0 saturated carbocycles. The van der Waals surface area contributed by atoms with Crippen molar-refractivity contribution in [2.24, 2.45) is 0 Å². The van der Waals surface area contributed by atoms with E-state index in [0.29, 0.717) is 23.3 Å². The topological polar surface area (TPSA) is 55.2 Å². The van der Waals surface area contributed by atoms with E-state index in [-0.39, 0.29) is 17.5 Å². The monoisotopic (exact) mass is 333 g/mol. The molecule has 2 atom stereocenters. The third-order valence-corrected chi connectivity index (χ3v) is 4.97. The molecule has 0 unspecified atom stereocenters. The van der Waals surface area contributed by atoms with Crippen molar-refractivity contribution in [2.45, 2.75) is 32.5 Å². The zero-order valence-electron chi connectivity index (χ0n) is 14.2. The van der Waals surface area contributed by atoms with E-state index in [1.54, 1.807) is 22.5 Å². The van der Waals surface area contributed by atoms with Gasteiger partial charge in [-0.3, -0.25) is 14.2 Å². The first-order chi connectivity index (χ1) is 12.1. The quantitative estimate of drug-likeness (QED) is 0.724. The second kappa shape index (κ2) is 5.84. The zero-order chi connectivity index (χ0) is 17.6. The maximum atomic E-state index is 12.9. The number of rotatable bonds is 2. The maximum Gasteiger partial charge on any atom is 0.262 e. The fourth-order valence-electron chi connectivity index (χ4n) is 3.52. The fraction of sp³-hybridized carbons (Fsp3) is 0.250. The van der Waals surface area contributed by atoms with Crippen molar-refractivity contribution in [3.05, 3.63) is 76.3 Å². The van der Waals surface area contributed by atoms with Gasteiger partial charge in [-0.2, -0.15) is 0 Å². The molecule has 5 nitrogen and oxygen atoms in total. The van der Waals surface area contributed by atoms with E-state index >= 15 is 0 Å². The minimum Gasteiger partial charge on any atom is -0.327 e. The summed E-state index contributed by atoms with van der Waals surface area (Å²) in [6.07, 6.45) is 0. The first-order valence-corrected chi connectivity index (χ1v) is 8.43. The second-order valence-corrected chi connectivity index (χ2v) is 6.45. The van der Waals surface area contributed by atoms with Gasteiger partial charge in [0.2, 0.25) is 5.91 Å². The highest BCUT2D eigenvalue weighted by Gasteiger charge is 2.34. The number of carbonyl (C=O) groups is 1. The highest BCUT2D eigenvalue weighted by molar-refractivity contribution is 5.83. The Bertz CT molecular complexity index is 1010. The Balaban J connectivity index is 1.82. The Morgan fingerprint density at radius 1 is 1.04 bits per heavy atom. The van der Waals surface area contributed by atoms with E-state index in [2.05, 4.69) is 4.98 Å². The van der Waals surface area contributed by atoms with Gasteiger partial charge in [-0.05, 0) is 31.5 Å². The van der Waals surface area contributed by atoms with Gasteiger partial charge in [-0.1, -0.05) is 42.5 Å². The average molecular weight is 333 g/mol. The van der Waals surface area contributed by atoms with Crippen LogP contribution in [0.1, 0.15) is 37.3 Å². The third-order valence-electron chi connectivity index (χ3n) is 4.97. The number of hydrogen-bond donors (Lipinski definition) is 0. The third kappa shape index (κ3) is 2.43. The minimum absolute atomic E-state index is 0.0527. The van der Waals surface area contributed by atoms with Crippen LogP contribution in [0.15, 0.2) is 59.4 Å². The molecule has 3 aromatic rings. The van der Waals surface area contributed by atoms with Gasteiger partial charge in [0.25, 0.3) is 5.56 Å². The van der Waals surface area contributed by atoms with E-state index in [9.17, 15) is 9.59 Å². The van der Waals surface area contributed by atoms with Gasteiger partial charge in [0.1, 0.15) is 11.9 Å². The van der Waals surface area contributed by atoms with E-state index in [1.807, 2.05) is 55.5 Å². The van der Waals surface area contributed by atoms with Gasteiger partial charge in [-0.15, -0.1) is 0 Å². The molecule has 1 amide bonds. The van der Waals surface area contributed by atoms with Gasteiger partial charge in [0.05, 0.1) is 23.5 Å². The largest absolute Gasteiger partial charge is 0.327 e. The van der Waals surface area contributed by atoms with Crippen LogP contribution in [-0.4, -0.2) is 20.4 Å². The lowest BCUT2D eigenvalue weighted by atomic mass is 10.0. The van der Waals surface area contributed by atoms with Crippen LogP contribution >= 0.6 is 0 Å². The number of benzene rings is 2. The number of nitrogens with zero attached hydrogens (tertiary/aromatic N) is 3. The number of carbonyl (C=O) groups excluding carboxylic acids is 1. The van der Waals surface area contributed by atoms with Gasteiger partial charge in [0.15, 0.2) is 0 Å². The molecule has 2 aromatic carbocycles. The molecule has 0 aliphatic carbocycles. The standard InChI is InChI=1S/C20H19N3O2/c1-13(15-8-4-3-5-9-15)22-12-18-21-17-11-7-6-10-16(17)20(25)23(18)14(2)19(22)24/h3-11,13-14H,12H2,1-2H3/t13-,14-/m0/s1. The van der Waals surface area contributed by atoms with E-state index in [1.165, 1.54) is 0 Å². The summed E-state index contributed by atoms with van der Waals surface area (Å²) in [5.41, 5.74) is 1.60. The van der Waals surface area contributed by atoms with Crippen LogP contribution < -0.4 is 5.56 Å². The summed E-state index contributed by atoms with van der Waals surface area (Å²) >= 11 is 0. The van der Waals surface area contributed by atoms with Gasteiger partial charge >= 0.3 is 0 Å². The predicted octanol–water partition coefficient (Wildman–Crippen LogP) is 3.06. The lowest BCUT2D eigenvalue weighted by molar-refractivity contribution is -0.139. The molecule has 0 fully saturated rings. The van der Waals surface area contributed by atoms with Crippen molar-refractivity contribution in [1.82, 2.24) is 14.5 Å². The molecule has 0 bridgehead atoms. The number of fused-ring (bicyclic) bond motifs is 2. The summed E-state index contributed by atoms with van der Waals surface area (Å²) < 4.78 is 1.54. The van der Waals surface area contributed by atoms with Gasteiger partial charge in [0, 0.05) is 0 Å². The van der Waals surface area contributed by atoms with Gasteiger partial charge in [-0.25, -0.2) is 4.98 Å². The van der Waals surface area contributed by atoms with Crippen LogP contribution in [0.3, 0.4) is 0 Å². The molecule has 0 spiro atoms. The van der Waals surface area contributed by atoms with Crippen molar-refractivity contribution in [1.29, 1.82) is 0 Å². The SMILES string of the molecule is C[C@@H](c1ccccc1)N1Cc2nc3ccccc3c(=O)n2[C@@H](C)C1=O. The van der Waals surface area contributed by atoms with E-state index in [0.717, 1.165) is 5.56 Å². The Hall–Kier alpha value is -2.95. The molecule has 0 N–H and O–H groups in total. The smallest absolute Gasteiger partial charge is 0.262 e. The highest BCUT2D eigenvalue weighted by atomic mass is 16.2. The summed E-state index contributed by atoms with van der Waals surface area (Å²) in [6, 6.07) is 16.6. The van der Waals surface area contributed by atoms with E-state index < -0.39 is 6.04 Å². The maximum absolute atomic E-state index is 12.9. The summed E-state index contributed by atoms with van der Waals surface area (Å²) in [5, 5.41) is 0.551. The normalized spacial score (nSPS) is 18.2. The first-order valence-electron chi connectivity index (χ1n) is 8.43. The summed E-state index contributed by atoms with van der Waals surface area (Å²) in [4.78, 5) is 32.2. The molecule has 4 rings (SSSR count). The Morgan fingerprint density at radius 2 is 1.72 bits per heavy atom. The van der Waals surface area contributed by atoms with Crippen molar-refractivity contribution >= 4 is 16.8 Å². The predicted molar refractivity (Wildman–Crippen MR) is 96.1 cm³/mol. The van der Waals surface area contributed by atoms with Crippen LogP contribution in [0.2, 0.25) is 0 Å². The fourth-order valence-corrected chi connectivity index (χ4v) is 3.52. The average Bonchev–Trinajstić information content (AvgIpc) is 2.65. The van der Waals surface area contributed by atoms with Crippen LogP contribution in [0.4, 0.5) is 0 Å². The van der Waals surface area contributed by atoms with Gasteiger partial charge < -0.3 is 4.90 Å². The molecule has 1 aliphatic heterocycles. The Morgan fingerprint density at radius 3 is 2.48 bits per heavy atom. The molecule has 1 aliphatic rings. The first kappa shape index (κ1) is 15.6. The molecule has 0 radical (unpaired) electrons. The number of aromatic nitrogens is 2. The lowest BCUT2D eigenvalue weighted by Gasteiger charge is -2.37. The molecule has 126 valence electrons. The number of amides is 1. The Kier molecular flexibility index (Phi) is 3.64. The Labute approximate surface area is 145 Å². The molecule has 0 saturated heterocycles. The molecule has 1 aromatic heterocycles.